The van der Waals surface area contributed by atoms with Gasteiger partial charge in [-0.1, -0.05) is 0 Å². The van der Waals surface area contributed by atoms with E-state index < -0.39 is 0 Å². The maximum absolute atomic E-state index is 9.01. The van der Waals surface area contributed by atoms with Crippen molar-refractivity contribution in [3.8, 4) is 6.07 Å². The summed E-state index contributed by atoms with van der Waals surface area (Å²) < 4.78 is 0. The predicted octanol–water partition coefficient (Wildman–Crippen LogP) is 0.536. The molecule has 0 amide bonds. The van der Waals surface area contributed by atoms with Gasteiger partial charge < -0.3 is 10.2 Å². The zero-order valence-corrected chi connectivity index (χ0v) is 9.35. The van der Waals surface area contributed by atoms with Gasteiger partial charge in [-0.3, -0.25) is 0 Å². The normalized spacial score (nSPS) is 19.4. The second-order valence-corrected chi connectivity index (χ2v) is 3.77. The molecule has 1 N–H and O–H groups in total. The first kappa shape index (κ1) is 10.8. The summed E-state index contributed by atoms with van der Waals surface area (Å²) in [7, 11) is 0. The van der Waals surface area contributed by atoms with Crippen LogP contribution in [0.1, 0.15) is 19.0 Å². The minimum absolute atomic E-state index is 0.413. The van der Waals surface area contributed by atoms with Gasteiger partial charge in [0.2, 0.25) is 0 Å². The van der Waals surface area contributed by atoms with Crippen molar-refractivity contribution >= 4 is 5.82 Å². The predicted molar refractivity (Wildman–Crippen MR) is 61.0 cm³/mol. The summed E-state index contributed by atoms with van der Waals surface area (Å²) in [5.74, 6) is 0.709. The fourth-order valence-electron chi connectivity index (χ4n) is 2.11. The Hall–Kier alpha value is -1.67. The monoisotopic (exact) mass is 217 g/mol. The van der Waals surface area contributed by atoms with E-state index in [1.165, 1.54) is 0 Å². The smallest absolute Gasteiger partial charge is 0.183 e. The number of aromatic nitrogens is 2. The molecule has 1 atom stereocenters. The van der Waals surface area contributed by atoms with Gasteiger partial charge in [0.05, 0.1) is 0 Å². The molecule has 1 saturated heterocycles. The molecule has 1 unspecified atom stereocenters. The van der Waals surface area contributed by atoms with Gasteiger partial charge >= 0.3 is 0 Å². The molecule has 1 aliphatic heterocycles. The van der Waals surface area contributed by atoms with Crippen molar-refractivity contribution in [2.24, 2.45) is 0 Å². The van der Waals surface area contributed by atoms with Crippen molar-refractivity contribution in [3.63, 3.8) is 0 Å². The molecular formula is C11H15N5. The molecule has 0 saturated carbocycles. The molecular weight excluding hydrogens is 202 g/mol. The number of hydrogen-bond donors (Lipinski definition) is 1. The molecule has 1 aromatic heterocycles. The van der Waals surface area contributed by atoms with E-state index in [1.807, 2.05) is 0 Å². The highest BCUT2D eigenvalue weighted by Crippen LogP contribution is 2.19. The SMILES string of the molecule is CCN(c1nccnc1C#N)C1CCNC1. The van der Waals surface area contributed by atoms with Crippen LogP contribution in [-0.2, 0) is 0 Å². The highest BCUT2D eigenvalue weighted by molar-refractivity contribution is 5.50. The number of rotatable bonds is 3. The number of nitrogens with zero attached hydrogens (tertiary/aromatic N) is 4. The first-order valence-corrected chi connectivity index (χ1v) is 5.55. The summed E-state index contributed by atoms with van der Waals surface area (Å²) >= 11 is 0. The summed E-state index contributed by atoms with van der Waals surface area (Å²) in [6, 6.07) is 2.52. The second-order valence-electron chi connectivity index (χ2n) is 3.77. The number of likely N-dealkylation sites (N-methyl/N-ethyl adjacent to an activating group) is 1. The molecule has 1 aromatic rings. The van der Waals surface area contributed by atoms with Crippen LogP contribution in [0.5, 0.6) is 0 Å². The quantitative estimate of drug-likeness (QED) is 0.800. The van der Waals surface area contributed by atoms with Crippen molar-refractivity contribution < 1.29 is 0 Å². The third-order valence-corrected chi connectivity index (χ3v) is 2.87. The van der Waals surface area contributed by atoms with Gasteiger partial charge in [0.25, 0.3) is 0 Å². The number of nitrogens with one attached hydrogen (secondary N) is 1. The molecule has 5 heteroatoms. The lowest BCUT2D eigenvalue weighted by molar-refractivity contribution is 0.638. The summed E-state index contributed by atoms with van der Waals surface area (Å²) in [6.45, 7) is 4.91. The van der Waals surface area contributed by atoms with Gasteiger partial charge in [-0.15, -0.1) is 0 Å². The molecule has 0 radical (unpaired) electrons. The fraction of sp³-hybridized carbons (Fsp3) is 0.545. The molecule has 0 bridgehead atoms. The summed E-state index contributed by atoms with van der Waals surface area (Å²) in [5.41, 5.74) is 0.413. The number of hydrogen-bond acceptors (Lipinski definition) is 5. The number of nitriles is 1. The van der Waals surface area contributed by atoms with Crippen LogP contribution in [0.25, 0.3) is 0 Å². The minimum atomic E-state index is 0.413. The van der Waals surface area contributed by atoms with Crippen molar-refractivity contribution in [3.05, 3.63) is 18.1 Å². The van der Waals surface area contributed by atoms with E-state index in [2.05, 4.69) is 33.2 Å². The lowest BCUT2D eigenvalue weighted by atomic mass is 10.2. The van der Waals surface area contributed by atoms with E-state index in [1.54, 1.807) is 12.4 Å². The number of anilines is 1. The van der Waals surface area contributed by atoms with E-state index in [0.29, 0.717) is 17.6 Å². The molecule has 1 fully saturated rings. The Bertz CT molecular complexity index is 392. The van der Waals surface area contributed by atoms with E-state index in [0.717, 1.165) is 26.1 Å². The maximum Gasteiger partial charge on any atom is 0.183 e. The highest BCUT2D eigenvalue weighted by atomic mass is 15.2. The van der Waals surface area contributed by atoms with Gasteiger partial charge in [0.1, 0.15) is 6.07 Å². The summed E-state index contributed by atoms with van der Waals surface area (Å²) in [4.78, 5) is 10.5. The van der Waals surface area contributed by atoms with E-state index in [-0.39, 0.29) is 0 Å². The minimum Gasteiger partial charge on any atom is -0.350 e. The lowest BCUT2D eigenvalue weighted by Crippen LogP contribution is -2.38. The lowest BCUT2D eigenvalue weighted by Gasteiger charge is -2.28. The molecule has 2 heterocycles. The van der Waals surface area contributed by atoms with Crippen molar-refractivity contribution in [1.29, 1.82) is 5.26 Å². The second kappa shape index (κ2) is 4.90. The molecule has 84 valence electrons. The van der Waals surface area contributed by atoms with Gasteiger partial charge in [-0.25, -0.2) is 9.97 Å². The van der Waals surface area contributed by atoms with Crippen LogP contribution in [-0.4, -0.2) is 35.6 Å². The summed E-state index contributed by atoms with van der Waals surface area (Å²) in [5, 5.41) is 12.3. The molecule has 0 spiro atoms. The van der Waals surface area contributed by atoms with Crippen molar-refractivity contribution in [2.75, 3.05) is 24.5 Å². The van der Waals surface area contributed by atoms with Crippen LogP contribution >= 0.6 is 0 Å². The van der Waals surface area contributed by atoms with Gasteiger partial charge in [-0.2, -0.15) is 5.26 Å². The van der Waals surface area contributed by atoms with Gasteiger partial charge in [0, 0.05) is 31.5 Å². The molecule has 0 aromatic carbocycles. The average Bonchev–Trinajstić information content (AvgIpc) is 2.84. The Balaban J connectivity index is 2.29. The molecule has 0 aliphatic carbocycles. The first-order chi connectivity index (χ1) is 7.86. The molecule has 1 aliphatic rings. The van der Waals surface area contributed by atoms with Crippen molar-refractivity contribution in [2.45, 2.75) is 19.4 Å². The standard InChI is InChI=1S/C11H15N5/c1-2-16(9-3-4-13-8-9)11-10(7-12)14-5-6-15-11/h5-6,9,13H,2-4,8H2,1H3. The molecule has 16 heavy (non-hydrogen) atoms. The summed E-state index contributed by atoms with van der Waals surface area (Å²) in [6.07, 6.45) is 4.29. The molecule has 2 rings (SSSR count). The van der Waals surface area contributed by atoms with E-state index in [9.17, 15) is 0 Å². The van der Waals surface area contributed by atoms with Crippen LogP contribution < -0.4 is 10.2 Å². The van der Waals surface area contributed by atoms with Crippen molar-refractivity contribution in [1.82, 2.24) is 15.3 Å². The van der Waals surface area contributed by atoms with Crippen LogP contribution in [0.4, 0.5) is 5.82 Å². The topological polar surface area (TPSA) is 64.8 Å². The Kier molecular flexibility index (Phi) is 3.32. The third-order valence-electron chi connectivity index (χ3n) is 2.87. The maximum atomic E-state index is 9.01. The van der Waals surface area contributed by atoms with Crippen LogP contribution in [0.2, 0.25) is 0 Å². The van der Waals surface area contributed by atoms with Crippen LogP contribution in [0.3, 0.4) is 0 Å². The van der Waals surface area contributed by atoms with Crippen LogP contribution in [0.15, 0.2) is 12.4 Å². The highest BCUT2D eigenvalue weighted by Gasteiger charge is 2.24. The Morgan fingerprint density at radius 3 is 3.00 bits per heavy atom. The fourth-order valence-corrected chi connectivity index (χ4v) is 2.11. The van der Waals surface area contributed by atoms with Gasteiger partial charge in [0.15, 0.2) is 11.5 Å². The Morgan fingerprint density at radius 1 is 1.56 bits per heavy atom. The van der Waals surface area contributed by atoms with Gasteiger partial charge in [-0.05, 0) is 19.9 Å². The van der Waals surface area contributed by atoms with Crippen LogP contribution in [0, 0.1) is 11.3 Å². The third kappa shape index (κ3) is 1.97. The first-order valence-electron chi connectivity index (χ1n) is 5.55. The van der Waals surface area contributed by atoms with E-state index in [4.69, 9.17) is 5.26 Å². The zero-order chi connectivity index (χ0) is 11.4. The zero-order valence-electron chi connectivity index (χ0n) is 9.35. The largest absolute Gasteiger partial charge is 0.350 e. The average molecular weight is 217 g/mol. The molecule has 5 nitrogen and oxygen atoms in total. The Morgan fingerprint density at radius 2 is 2.38 bits per heavy atom. The Labute approximate surface area is 95.1 Å². The van der Waals surface area contributed by atoms with E-state index >= 15 is 0 Å².